The number of halogens is 2. The summed E-state index contributed by atoms with van der Waals surface area (Å²) in [6.07, 6.45) is -2.47. The summed E-state index contributed by atoms with van der Waals surface area (Å²) in [5.74, 6) is -6.64. The van der Waals surface area contributed by atoms with Crippen molar-refractivity contribution in [3.05, 3.63) is 29.8 Å². The Morgan fingerprint density at radius 1 is 1.44 bits per heavy atom. The van der Waals surface area contributed by atoms with E-state index in [0.717, 1.165) is 12.1 Å². The van der Waals surface area contributed by atoms with Crippen LogP contribution in [0.4, 0.5) is 8.78 Å². The highest BCUT2D eigenvalue weighted by Gasteiger charge is 2.41. The summed E-state index contributed by atoms with van der Waals surface area (Å²) in [4.78, 5) is 10.2. The molecular formula is C11H11F2O5-. The lowest BCUT2D eigenvalue weighted by molar-refractivity contribution is -0.336. The molecule has 0 aliphatic heterocycles. The molecular weight excluding hydrogens is 250 g/mol. The summed E-state index contributed by atoms with van der Waals surface area (Å²) in [6.45, 7) is -0.0168. The quantitative estimate of drug-likeness (QED) is 0.734. The summed E-state index contributed by atoms with van der Waals surface area (Å²) in [7, 11) is 1.42. The third-order valence-electron chi connectivity index (χ3n) is 2.15. The molecule has 0 aromatic heterocycles. The van der Waals surface area contributed by atoms with E-state index in [0.29, 0.717) is 5.75 Å². The fourth-order valence-corrected chi connectivity index (χ4v) is 1.19. The minimum Gasteiger partial charge on any atom is -0.544 e. The molecule has 0 radical (unpaired) electrons. The van der Waals surface area contributed by atoms with Gasteiger partial charge in [-0.1, -0.05) is 12.1 Å². The van der Waals surface area contributed by atoms with Gasteiger partial charge in [-0.3, -0.25) is 0 Å². The van der Waals surface area contributed by atoms with Crippen LogP contribution in [-0.4, -0.2) is 30.9 Å². The van der Waals surface area contributed by atoms with E-state index in [1.807, 2.05) is 0 Å². The Labute approximate surface area is 102 Å². The van der Waals surface area contributed by atoms with Crippen molar-refractivity contribution in [1.82, 2.24) is 0 Å². The van der Waals surface area contributed by atoms with Crippen LogP contribution in [0.15, 0.2) is 24.3 Å². The summed E-state index contributed by atoms with van der Waals surface area (Å²) >= 11 is 0. The number of carboxylic acid groups (broad SMARTS) is 1. The van der Waals surface area contributed by atoms with Crippen LogP contribution < -0.4 is 9.84 Å². The number of hydrogen-bond donors (Lipinski definition) is 1. The summed E-state index contributed by atoms with van der Waals surface area (Å²) in [6, 6.07) is 4.88. The Bertz CT molecular complexity index is 404. The number of ether oxygens (including phenoxy) is 2. The molecule has 0 saturated carbocycles. The standard InChI is InChI=1S/C11H12F2O5/c1-17-6-18-8-4-2-7(3-5-8)9(14)11(12,13)10(15)16/h2-5,9,14H,6H2,1H3,(H,15,16)/p-1. The van der Waals surface area contributed by atoms with Gasteiger partial charge in [0.1, 0.15) is 17.8 Å². The summed E-state index contributed by atoms with van der Waals surface area (Å²) < 4.78 is 35.6. The number of carboxylic acids is 1. The number of rotatable bonds is 6. The Balaban J connectivity index is 2.82. The molecule has 0 aliphatic rings. The van der Waals surface area contributed by atoms with Gasteiger partial charge in [-0.15, -0.1) is 0 Å². The maximum atomic E-state index is 13.0. The van der Waals surface area contributed by atoms with Gasteiger partial charge in [0.15, 0.2) is 6.79 Å². The topological polar surface area (TPSA) is 78.8 Å². The Kier molecular flexibility index (Phi) is 4.57. The number of methoxy groups -OCH3 is 1. The molecule has 0 saturated heterocycles. The zero-order valence-corrected chi connectivity index (χ0v) is 9.43. The monoisotopic (exact) mass is 261 g/mol. The third kappa shape index (κ3) is 3.14. The molecule has 18 heavy (non-hydrogen) atoms. The SMILES string of the molecule is COCOc1ccc(C(O)C(F)(F)C(=O)[O-])cc1. The van der Waals surface area contributed by atoms with Gasteiger partial charge in [-0.25, -0.2) is 0 Å². The first-order valence-corrected chi connectivity index (χ1v) is 4.88. The molecule has 0 spiro atoms. The number of aliphatic carboxylic acids is 1. The Morgan fingerprint density at radius 3 is 2.44 bits per heavy atom. The number of benzene rings is 1. The molecule has 0 aliphatic carbocycles. The number of aliphatic hydroxyl groups is 1. The number of alkyl halides is 2. The Hall–Kier alpha value is -1.73. The van der Waals surface area contributed by atoms with Crippen molar-refractivity contribution in [2.24, 2.45) is 0 Å². The van der Waals surface area contributed by atoms with Crippen LogP contribution >= 0.6 is 0 Å². The molecule has 0 amide bonds. The van der Waals surface area contributed by atoms with Crippen molar-refractivity contribution >= 4 is 5.97 Å². The predicted molar refractivity (Wildman–Crippen MR) is 53.9 cm³/mol. The van der Waals surface area contributed by atoms with Gasteiger partial charge < -0.3 is 24.5 Å². The first kappa shape index (κ1) is 14.3. The highest BCUT2D eigenvalue weighted by Crippen LogP contribution is 2.31. The lowest BCUT2D eigenvalue weighted by Gasteiger charge is -2.23. The van der Waals surface area contributed by atoms with E-state index in [1.54, 1.807) is 0 Å². The normalized spacial score (nSPS) is 13.1. The molecule has 5 nitrogen and oxygen atoms in total. The van der Waals surface area contributed by atoms with Gasteiger partial charge in [-0.05, 0) is 17.7 Å². The van der Waals surface area contributed by atoms with Crippen LogP contribution in [0.25, 0.3) is 0 Å². The molecule has 1 atom stereocenters. The molecule has 1 N–H and O–H groups in total. The number of aliphatic hydroxyl groups excluding tert-OH is 1. The van der Waals surface area contributed by atoms with E-state index < -0.39 is 18.0 Å². The van der Waals surface area contributed by atoms with Crippen molar-refractivity contribution in [3.8, 4) is 5.75 Å². The molecule has 1 aromatic rings. The maximum Gasteiger partial charge on any atom is 0.316 e. The van der Waals surface area contributed by atoms with Crippen molar-refractivity contribution in [2.75, 3.05) is 13.9 Å². The second-order valence-electron chi connectivity index (χ2n) is 3.43. The van der Waals surface area contributed by atoms with Crippen LogP contribution in [0.5, 0.6) is 5.75 Å². The highest BCUT2D eigenvalue weighted by molar-refractivity contribution is 5.74. The van der Waals surface area contributed by atoms with E-state index in [2.05, 4.69) is 4.74 Å². The smallest absolute Gasteiger partial charge is 0.316 e. The molecule has 0 heterocycles. The van der Waals surface area contributed by atoms with E-state index >= 15 is 0 Å². The van der Waals surface area contributed by atoms with E-state index in [-0.39, 0.29) is 12.4 Å². The number of carbonyl (C=O) groups excluding carboxylic acids is 1. The maximum absolute atomic E-state index is 13.0. The van der Waals surface area contributed by atoms with Crippen molar-refractivity contribution in [1.29, 1.82) is 0 Å². The van der Waals surface area contributed by atoms with Crippen molar-refractivity contribution in [3.63, 3.8) is 0 Å². The fourth-order valence-electron chi connectivity index (χ4n) is 1.19. The van der Waals surface area contributed by atoms with Crippen LogP contribution in [-0.2, 0) is 9.53 Å². The average molecular weight is 261 g/mol. The summed E-state index contributed by atoms with van der Waals surface area (Å²) in [5, 5.41) is 19.4. The predicted octanol–water partition coefficient (Wildman–Crippen LogP) is 0.0879. The largest absolute Gasteiger partial charge is 0.544 e. The zero-order chi connectivity index (χ0) is 13.8. The number of carbonyl (C=O) groups is 1. The fraction of sp³-hybridized carbons (Fsp3) is 0.364. The van der Waals surface area contributed by atoms with Gasteiger partial charge in [0.25, 0.3) is 0 Å². The minimum absolute atomic E-state index is 0.0168. The first-order valence-electron chi connectivity index (χ1n) is 4.88. The lowest BCUT2D eigenvalue weighted by Crippen LogP contribution is -2.45. The summed E-state index contributed by atoms with van der Waals surface area (Å²) in [5.41, 5.74) is -0.256. The highest BCUT2D eigenvalue weighted by atomic mass is 19.3. The van der Waals surface area contributed by atoms with Gasteiger partial charge >= 0.3 is 5.92 Å². The number of hydrogen-bond acceptors (Lipinski definition) is 5. The van der Waals surface area contributed by atoms with E-state index in [1.165, 1.54) is 19.2 Å². The van der Waals surface area contributed by atoms with E-state index in [9.17, 15) is 23.8 Å². The molecule has 0 bridgehead atoms. The molecule has 1 rings (SSSR count). The van der Waals surface area contributed by atoms with Crippen LogP contribution in [0.3, 0.4) is 0 Å². The van der Waals surface area contributed by atoms with Crippen LogP contribution in [0.1, 0.15) is 11.7 Å². The third-order valence-corrected chi connectivity index (χ3v) is 2.15. The van der Waals surface area contributed by atoms with Gasteiger partial charge in [0, 0.05) is 7.11 Å². The van der Waals surface area contributed by atoms with Crippen LogP contribution in [0, 0.1) is 0 Å². The Morgan fingerprint density at radius 2 is 2.00 bits per heavy atom. The van der Waals surface area contributed by atoms with Gasteiger partial charge in [0.2, 0.25) is 0 Å². The second kappa shape index (κ2) is 5.74. The molecule has 1 unspecified atom stereocenters. The van der Waals surface area contributed by atoms with E-state index in [4.69, 9.17) is 4.74 Å². The first-order chi connectivity index (χ1) is 8.39. The van der Waals surface area contributed by atoms with Gasteiger partial charge in [0.05, 0.1) is 0 Å². The van der Waals surface area contributed by atoms with Gasteiger partial charge in [-0.2, -0.15) is 8.78 Å². The van der Waals surface area contributed by atoms with Crippen molar-refractivity contribution < 1.29 is 33.3 Å². The molecule has 0 fully saturated rings. The zero-order valence-electron chi connectivity index (χ0n) is 9.43. The molecule has 100 valence electrons. The molecule has 7 heteroatoms. The minimum atomic E-state index is -4.35. The van der Waals surface area contributed by atoms with Crippen molar-refractivity contribution in [2.45, 2.75) is 12.0 Å². The van der Waals surface area contributed by atoms with Crippen LogP contribution in [0.2, 0.25) is 0 Å². The molecule has 1 aromatic carbocycles. The lowest BCUT2D eigenvalue weighted by atomic mass is 10.0. The average Bonchev–Trinajstić information content (AvgIpc) is 2.35. The second-order valence-corrected chi connectivity index (χ2v) is 3.43.